The molecule has 0 spiro atoms. The SMILES string of the molecule is COc1cc(C2C(C(=O)c3sc(C)nc3C)=C(O)C(=O)N2Cc2cccnc2)ccc1OCCC(C)C. The first-order chi connectivity index (χ1) is 17.7. The van der Waals surface area contributed by atoms with E-state index in [0.717, 1.165) is 17.0 Å². The molecule has 4 rings (SSSR count). The van der Waals surface area contributed by atoms with Gasteiger partial charge in [0.05, 0.1) is 40.9 Å². The highest BCUT2D eigenvalue weighted by Gasteiger charge is 2.44. The second-order valence-electron chi connectivity index (χ2n) is 9.38. The lowest BCUT2D eigenvalue weighted by Gasteiger charge is -2.27. The summed E-state index contributed by atoms with van der Waals surface area (Å²) in [5.74, 6) is -0.0313. The Hall–Kier alpha value is -3.72. The van der Waals surface area contributed by atoms with E-state index in [-0.39, 0.29) is 12.1 Å². The fourth-order valence-corrected chi connectivity index (χ4v) is 5.20. The van der Waals surface area contributed by atoms with Crippen LogP contribution in [0.5, 0.6) is 11.5 Å². The zero-order valence-corrected chi connectivity index (χ0v) is 22.5. The summed E-state index contributed by atoms with van der Waals surface area (Å²) in [6.45, 7) is 8.52. The van der Waals surface area contributed by atoms with E-state index in [0.29, 0.717) is 40.2 Å². The molecule has 1 aromatic carbocycles. The minimum atomic E-state index is -0.833. The minimum absolute atomic E-state index is 0.0242. The molecule has 1 aliphatic heterocycles. The summed E-state index contributed by atoms with van der Waals surface area (Å²) in [4.78, 5) is 37.5. The maximum atomic E-state index is 13.8. The summed E-state index contributed by atoms with van der Waals surface area (Å²) >= 11 is 1.25. The Balaban J connectivity index is 1.77. The molecule has 0 radical (unpaired) electrons. The van der Waals surface area contributed by atoms with Crippen molar-refractivity contribution in [2.24, 2.45) is 5.92 Å². The third-order valence-electron chi connectivity index (χ3n) is 6.19. The van der Waals surface area contributed by atoms with Crippen LogP contribution in [0.25, 0.3) is 0 Å². The van der Waals surface area contributed by atoms with Crippen LogP contribution in [0.3, 0.4) is 0 Å². The van der Waals surface area contributed by atoms with Gasteiger partial charge in [0.1, 0.15) is 0 Å². The van der Waals surface area contributed by atoms with E-state index in [1.54, 1.807) is 50.7 Å². The normalized spacial score (nSPS) is 15.6. The number of Topliss-reactive ketones (excluding diaryl/α,β-unsaturated/α-hetero) is 1. The van der Waals surface area contributed by atoms with Crippen LogP contribution in [0.2, 0.25) is 0 Å². The number of hydrogen-bond acceptors (Lipinski definition) is 8. The van der Waals surface area contributed by atoms with Gasteiger partial charge in [0.25, 0.3) is 5.91 Å². The van der Waals surface area contributed by atoms with Gasteiger partial charge in [-0.1, -0.05) is 26.0 Å². The monoisotopic (exact) mass is 521 g/mol. The van der Waals surface area contributed by atoms with Crippen molar-refractivity contribution in [3.05, 3.63) is 80.8 Å². The van der Waals surface area contributed by atoms with Gasteiger partial charge in [0.2, 0.25) is 5.78 Å². The Morgan fingerprint density at radius 1 is 1.22 bits per heavy atom. The van der Waals surface area contributed by atoms with Gasteiger partial charge in [-0.15, -0.1) is 11.3 Å². The Kier molecular flexibility index (Phi) is 7.92. The second-order valence-corrected chi connectivity index (χ2v) is 10.6. The van der Waals surface area contributed by atoms with Crippen LogP contribution in [-0.4, -0.2) is 45.4 Å². The lowest BCUT2D eigenvalue weighted by molar-refractivity contribution is -0.130. The van der Waals surface area contributed by atoms with Crippen LogP contribution in [-0.2, 0) is 11.3 Å². The van der Waals surface area contributed by atoms with Gasteiger partial charge in [-0.3, -0.25) is 14.6 Å². The molecule has 1 N–H and O–H groups in total. The van der Waals surface area contributed by atoms with Crippen LogP contribution in [0, 0.1) is 19.8 Å². The number of hydrogen-bond donors (Lipinski definition) is 1. The van der Waals surface area contributed by atoms with Gasteiger partial charge in [0.15, 0.2) is 17.3 Å². The zero-order valence-electron chi connectivity index (χ0n) is 21.6. The number of aromatic nitrogens is 2. The van der Waals surface area contributed by atoms with Crippen molar-refractivity contribution in [2.45, 2.75) is 46.7 Å². The second kappa shape index (κ2) is 11.1. The van der Waals surface area contributed by atoms with Crippen molar-refractivity contribution in [2.75, 3.05) is 13.7 Å². The van der Waals surface area contributed by atoms with Gasteiger partial charge < -0.3 is 19.5 Å². The molecule has 3 aromatic rings. The van der Waals surface area contributed by atoms with Gasteiger partial charge in [-0.05, 0) is 55.5 Å². The fraction of sp³-hybridized carbons (Fsp3) is 0.357. The topological polar surface area (TPSA) is 102 Å². The number of nitrogens with zero attached hydrogens (tertiary/aromatic N) is 3. The number of carbonyl (C=O) groups excluding carboxylic acids is 2. The number of thiazole rings is 1. The maximum Gasteiger partial charge on any atom is 0.290 e. The molecular weight excluding hydrogens is 490 g/mol. The first-order valence-electron chi connectivity index (χ1n) is 12.1. The first kappa shape index (κ1) is 26.3. The molecule has 2 aromatic heterocycles. The Morgan fingerprint density at radius 2 is 2.00 bits per heavy atom. The van der Waals surface area contributed by atoms with E-state index in [1.165, 1.54) is 16.2 Å². The van der Waals surface area contributed by atoms with Crippen LogP contribution in [0.15, 0.2) is 54.1 Å². The summed E-state index contributed by atoms with van der Waals surface area (Å²) in [6, 6.07) is 8.13. The van der Waals surface area contributed by atoms with E-state index >= 15 is 0 Å². The summed E-state index contributed by atoms with van der Waals surface area (Å²) in [5, 5.41) is 11.7. The van der Waals surface area contributed by atoms with E-state index in [2.05, 4.69) is 23.8 Å². The molecule has 8 nitrogen and oxygen atoms in total. The molecule has 1 amide bonds. The maximum absolute atomic E-state index is 13.8. The van der Waals surface area contributed by atoms with E-state index < -0.39 is 23.5 Å². The Labute approximate surface area is 220 Å². The highest BCUT2D eigenvalue weighted by molar-refractivity contribution is 7.14. The van der Waals surface area contributed by atoms with Gasteiger partial charge in [-0.2, -0.15) is 0 Å². The number of carbonyl (C=O) groups is 2. The Bertz CT molecular complexity index is 1330. The van der Waals surface area contributed by atoms with Gasteiger partial charge >= 0.3 is 0 Å². The Morgan fingerprint density at radius 3 is 2.62 bits per heavy atom. The number of ether oxygens (including phenoxy) is 2. The number of pyridine rings is 1. The standard InChI is InChI=1S/C28H31N3O5S/c1-16(2)10-12-36-21-9-8-20(13-22(21)35-5)24-23(25(32)27-17(3)30-18(4)37-27)26(33)28(34)31(24)15-19-7-6-11-29-14-19/h6-9,11,13-14,16,24,33H,10,12,15H2,1-5H3. The third-order valence-corrected chi connectivity index (χ3v) is 7.26. The molecule has 37 heavy (non-hydrogen) atoms. The number of ketones is 1. The van der Waals surface area contributed by atoms with Crippen LogP contribution in [0.4, 0.5) is 0 Å². The summed E-state index contributed by atoms with van der Waals surface area (Å²) in [7, 11) is 1.55. The number of amides is 1. The molecule has 0 fully saturated rings. The lowest BCUT2D eigenvalue weighted by Crippen LogP contribution is -2.30. The highest BCUT2D eigenvalue weighted by Crippen LogP contribution is 2.43. The van der Waals surface area contributed by atoms with Crippen molar-refractivity contribution in [1.82, 2.24) is 14.9 Å². The molecule has 0 aliphatic carbocycles. The predicted molar refractivity (Wildman–Crippen MR) is 141 cm³/mol. The van der Waals surface area contributed by atoms with Crippen molar-refractivity contribution in [3.8, 4) is 11.5 Å². The average Bonchev–Trinajstić information content (AvgIpc) is 3.34. The van der Waals surface area contributed by atoms with Crippen LogP contribution < -0.4 is 9.47 Å². The van der Waals surface area contributed by atoms with Gasteiger partial charge in [-0.25, -0.2) is 4.98 Å². The third kappa shape index (κ3) is 5.51. The summed E-state index contributed by atoms with van der Waals surface area (Å²) in [6.07, 6.45) is 4.20. The highest BCUT2D eigenvalue weighted by atomic mass is 32.1. The number of aliphatic hydroxyl groups is 1. The molecule has 0 saturated heterocycles. The van der Waals surface area contributed by atoms with Crippen molar-refractivity contribution in [3.63, 3.8) is 0 Å². The van der Waals surface area contributed by atoms with E-state index in [9.17, 15) is 14.7 Å². The largest absolute Gasteiger partial charge is 0.503 e. The molecule has 0 saturated carbocycles. The first-order valence-corrected chi connectivity index (χ1v) is 12.9. The van der Waals surface area contributed by atoms with Crippen LogP contribution in [0.1, 0.15) is 57.8 Å². The quantitative estimate of drug-likeness (QED) is 0.358. The zero-order chi connectivity index (χ0) is 26.7. The van der Waals surface area contributed by atoms with E-state index in [1.807, 2.05) is 13.0 Å². The van der Waals surface area contributed by atoms with Gasteiger partial charge in [0, 0.05) is 18.9 Å². The van der Waals surface area contributed by atoms with Crippen molar-refractivity contribution in [1.29, 1.82) is 0 Å². The molecule has 3 heterocycles. The van der Waals surface area contributed by atoms with Crippen LogP contribution >= 0.6 is 11.3 Å². The molecule has 1 atom stereocenters. The number of aryl methyl sites for hydroxylation is 2. The van der Waals surface area contributed by atoms with Crippen molar-refractivity contribution >= 4 is 23.0 Å². The van der Waals surface area contributed by atoms with Crippen molar-refractivity contribution < 1.29 is 24.2 Å². The summed E-state index contributed by atoms with van der Waals surface area (Å²) < 4.78 is 11.5. The van der Waals surface area contributed by atoms with E-state index in [4.69, 9.17) is 9.47 Å². The molecule has 1 unspecified atom stereocenters. The molecular formula is C28H31N3O5S. The molecule has 194 valence electrons. The predicted octanol–water partition coefficient (Wildman–Crippen LogP) is 5.37. The number of rotatable bonds is 10. The molecule has 0 bridgehead atoms. The molecule has 9 heteroatoms. The fourth-order valence-electron chi connectivity index (χ4n) is 4.33. The minimum Gasteiger partial charge on any atom is -0.503 e. The lowest BCUT2D eigenvalue weighted by atomic mass is 9.94. The number of benzene rings is 1. The number of methoxy groups -OCH3 is 1. The number of aliphatic hydroxyl groups excluding tert-OH is 1. The average molecular weight is 522 g/mol. The summed E-state index contributed by atoms with van der Waals surface area (Å²) in [5.41, 5.74) is 1.98. The smallest absolute Gasteiger partial charge is 0.290 e. The molecule has 1 aliphatic rings.